The maximum Gasteiger partial charge on any atom is 0.511 e. The topological polar surface area (TPSA) is 73.8 Å². The highest BCUT2D eigenvalue weighted by atomic mass is 127. The highest BCUT2D eigenvalue weighted by Crippen LogP contribution is 2.28. The monoisotopic (exact) mass is 538 g/mol. The van der Waals surface area contributed by atoms with Gasteiger partial charge in [0.05, 0.1) is 6.54 Å². The number of piperidine rings is 1. The fraction of sp³-hybridized carbons (Fsp3) is 0.562. The van der Waals surface area contributed by atoms with Gasteiger partial charge < -0.3 is 10.6 Å². The van der Waals surface area contributed by atoms with Crippen molar-refractivity contribution in [1.82, 2.24) is 14.9 Å². The van der Waals surface area contributed by atoms with E-state index in [9.17, 15) is 26.0 Å². The number of aliphatic imine (C=N–C) groups is 1. The predicted octanol–water partition coefficient (Wildman–Crippen LogP) is 2.81. The van der Waals surface area contributed by atoms with E-state index in [2.05, 4.69) is 15.6 Å². The van der Waals surface area contributed by atoms with Crippen LogP contribution >= 0.6 is 24.0 Å². The van der Waals surface area contributed by atoms with Crippen LogP contribution in [0.5, 0.6) is 0 Å². The third kappa shape index (κ3) is 6.44. The summed E-state index contributed by atoms with van der Waals surface area (Å²) in [5, 5.41) is 6.06. The molecule has 28 heavy (non-hydrogen) atoms. The quantitative estimate of drug-likeness (QED) is 0.262. The SMILES string of the molecule is CCNC(=NCc1ccccc1F)NC1CCN(S(=O)(=O)C(F)(F)F)CC1.I. The Morgan fingerprint density at radius 3 is 2.39 bits per heavy atom. The summed E-state index contributed by atoms with van der Waals surface area (Å²) in [7, 11) is -5.29. The molecule has 2 rings (SSSR count). The van der Waals surface area contributed by atoms with E-state index >= 15 is 0 Å². The minimum Gasteiger partial charge on any atom is -0.357 e. The Balaban J connectivity index is 0.00000392. The summed E-state index contributed by atoms with van der Waals surface area (Å²) < 4.78 is 74.8. The standard InChI is InChI=1S/C16H22F4N4O2S.HI/c1-2-21-15(22-11-12-5-3-4-6-14(12)17)23-13-7-9-24(10-8-13)27(25,26)16(18,19)20;/h3-6,13H,2,7-11H2,1H3,(H2,21,22,23);1H. The number of alkyl halides is 3. The van der Waals surface area contributed by atoms with Crippen LogP contribution in [-0.4, -0.2) is 49.9 Å². The number of rotatable bonds is 5. The van der Waals surface area contributed by atoms with Gasteiger partial charge in [-0.3, -0.25) is 0 Å². The molecular formula is C16H23F4IN4O2S. The van der Waals surface area contributed by atoms with Crippen molar-refractivity contribution in [3.63, 3.8) is 0 Å². The van der Waals surface area contributed by atoms with Gasteiger partial charge in [-0.2, -0.15) is 17.5 Å². The van der Waals surface area contributed by atoms with Crippen molar-refractivity contribution >= 4 is 40.0 Å². The van der Waals surface area contributed by atoms with E-state index in [1.165, 1.54) is 6.07 Å². The van der Waals surface area contributed by atoms with E-state index in [0.717, 1.165) is 0 Å². The average molecular weight is 538 g/mol. The van der Waals surface area contributed by atoms with Gasteiger partial charge in [0.15, 0.2) is 5.96 Å². The smallest absolute Gasteiger partial charge is 0.357 e. The molecule has 0 spiro atoms. The lowest BCUT2D eigenvalue weighted by Gasteiger charge is -2.32. The second kappa shape index (κ2) is 10.6. The molecule has 0 amide bonds. The zero-order valence-electron chi connectivity index (χ0n) is 15.2. The molecule has 0 saturated carbocycles. The number of guanidine groups is 1. The first-order valence-corrected chi connectivity index (χ1v) is 9.94. The summed E-state index contributed by atoms with van der Waals surface area (Å²) in [6.45, 7) is 2.03. The average Bonchev–Trinajstić information content (AvgIpc) is 2.60. The van der Waals surface area contributed by atoms with E-state index < -0.39 is 15.5 Å². The lowest BCUT2D eigenvalue weighted by molar-refractivity contribution is -0.0494. The molecule has 0 aromatic heterocycles. The van der Waals surface area contributed by atoms with Crippen molar-refractivity contribution in [2.45, 2.75) is 37.9 Å². The number of halogens is 5. The lowest BCUT2D eigenvalue weighted by atomic mass is 10.1. The number of hydrogen-bond donors (Lipinski definition) is 2. The Bertz CT molecular complexity index is 766. The van der Waals surface area contributed by atoms with E-state index in [0.29, 0.717) is 22.4 Å². The summed E-state index contributed by atoms with van der Waals surface area (Å²) in [4.78, 5) is 4.29. The summed E-state index contributed by atoms with van der Waals surface area (Å²) in [5.41, 5.74) is -4.87. The summed E-state index contributed by atoms with van der Waals surface area (Å²) in [6.07, 6.45) is 0.416. The highest BCUT2D eigenvalue weighted by Gasteiger charge is 2.50. The predicted molar refractivity (Wildman–Crippen MR) is 109 cm³/mol. The normalized spacial score (nSPS) is 17.1. The Kier molecular flexibility index (Phi) is 9.40. The van der Waals surface area contributed by atoms with E-state index in [-0.39, 0.29) is 68.3 Å². The molecule has 1 aromatic carbocycles. The molecule has 1 aliphatic rings. The van der Waals surface area contributed by atoms with Crippen molar-refractivity contribution in [2.24, 2.45) is 4.99 Å². The zero-order valence-corrected chi connectivity index (χ0v) is 18.3. The lowest BCUT2D eigenvalue weighted by Crippen LogP contribution is -2.51. The first-order chi connectivity index (χ1) is 12.6. The molecular weight excluding hydrogens is 515 g/mol. The maximum atomic E-state index is 13.7. The number of nitrogens with zero attached hydrogens (tertiary/aromatic N) is 2. The zero-order chi connectivity index (χ0) is 20.1. The molecule has 2 N–H and O–H groups in total. The molecule has 1 heterocycles. The molecule has 1 aromatic rings. The van der Waals surface area contributed by atoms with Crippen LogP contribution in [-0.2, 0) is 16.6 Å². The third-order valence-electron chi connectivity index (χ3n) is 4.14. The molecule has 0 aliphatic carbocycles. The van der Waals surface area contributed by atoms with Gasteiger partial charge in [0.2, 0.25) is 0 Å². The van der Waals surface area contributed by atoms with Gasteiger partial charge in [-0.05, 0) is 25.8 Å². The number of sulfonamides is 1. The van der Waals surface area contributed by atoms with Crippen molar-refractivity contribution in [3.05, 3.63) is 35.6 Å². The van der Waals surface area contributed by atoms with Gasteiger partial charge in [-0.25, -0.2) is 17.8 Å². The fourth-order valence-electron chi connectivity index (χ4n) is 2.69. The molecule has 1 saturated heterocycles. The van der Waals surface area contributed by atoms with Gasteiger partial charge in [0.1, 0.15) is 5.82 Å². The molecule has 12 heteroatoms. The van der Waals surface area contributed by atoms with Crippen LogP contribution in [0.4, 0.5) is 17.6 Å². The van der Waals surface area contributed by atoms with Crippen LogP contribution < -0.4 is 10.6 Å². The van der Waals surface area contributed by atoms with E-state index in [4.69, 9.17) is 0 Å². The molecule has 0 atom stereocenters. The Hall–Kier alpha value is -1.15. The van der Waals surface area contributed by atoms with Gasteiger partial charge in [-0.1, -0.05) is 18.2 Å². The molecule has 0 radical (unpaired) electrons. The maximum absolute atomic E-state index is 13.7. The van der Waals surface area contributed by atoms with Crippen LogP contribution in [0.15, 0.2) is 29.3 Å². The van der Waals surface area contributed by atoms with Crippen LogP contribution in [0.2, 0.25) is 0 Å². The second-order valence-corrected chi connectivity index (χ2v) is 7.98. The highest BCUT2D eigenvalue weighted by molar-refractivity contribution is 14.0. The van der Waals surface area contributed by atoms with Crippen LogP contribution in [0.25, 0.3) is 0 Å². The molecule has 0 unspecified atom stereocenters. The van der Waals surface area contributed by atoms with Crippen LogP contribution in [0.1, 0.15) is 25.3 Å². The summed E-state index contributed by atoms with van der Waals surface area (Å²) in [6, 6.07) is 5.99. The summed E-state index contributed by atoms with van der Waals surface area (Å²) >= 11 is 0. The molecule has 0 bridgehead atoms. The second-order valence-electron chi connectivity index (χ2n) is 6.06. The van der Waals surface area contributed by atoms with Gasteiger partial charge in [0, 0.05) is 31.2 Å². The third-order valence-corrected chi connectivity index (χ3v) is 5.77. The number of benzene rings is 1. The first kappa shape index (κ1) is 24.9. The molecule has 160 valence electrons. The Morgan fingerprint density at radius 1 is 1.25 bits per heavy atom. The Morgan fingerprint density at radius 2 is 1.86 bits per heavy atom. The Labute approximate surface area is 178 Å². The van der Waals surface area contributed by atoms with E-state index in [1.807, 2.05) is 6.92 Å². The van der Waals surface area contributed by atoms with Crippen molar-refractivity contribution < 1.29 is 26.0 Å². The van der Waals surface area contributed by atoms with Gasteiger partial charge >= 0.3 is 15.5 Å². The minimum atomic E-state index is -5.29. The molecule has 1 fully saturated rings. The first-order valence-electron chi connectivity index (χ1n) is 8.49. The van der Waals surface area contributed by atoms with Crippen molar-refractivity contribution in [3.8, 4) is 0 Å². The number of hydrogen-bond acceptors (Lipinski definition) is 3. The number of nitrogens with one attached hydrogen (secondary N) is 2. The van der Waals surface area contributed by atoms with Crippen molar-refractivity contribution in [2.75, 3.05) is 19.6 Å². The molecule has 6 nitrogen and oxygen atoms in total. The summed E-state index contributed by atoms with van der Waals surface area (Å²) in [5.74, 6) is 0.0284. The van der Waals surface area contributed by atoms with Crippen molar-refractivity contribution in [1.29, 1.82) is 0 Å². The minimum absolute atomic E-state index is 0. The van der Waals surface area contributed by atoms with E-state index in [1.54, 1.807) is 18.2 Å². The largest absolute Gasteiger partial charge is 0.511 e. The fourth-order valence-corrected chi connectivity index (χ4v) is 3.68. The van der Waals surface area contributed by atoms with Crippen LogP contribution in [0, 0.1) is 5.82 Å². The van der Waals surface area contributed by atoms with Gasteiger partial charge in [-0.15, -0.1) is 24.0 Å². The van der Waals surface area contributed by atoms with Gasteiger partial charge in [0.25, 0.3) is 0 Å². The molecule has 1 aliphatic heterocycles. The van der Waals surface area contributed by atoms with Crippen LogP contribution in [0.3, 0.4) is 0 Å².